The van der Waals surface area contributed by atoms with E-state index in [1.165, 1.54) is 6.92 Å². The van der Waals surface area contributed by atoms with E-state index < -0.39 is 29.4 Å². The van der Waals surface area contributed by atoms with Crippen LogP contribution in [0.1, 0.15) is 78.9 Å². The maximum absolute atomic E-state index is 11.6. The Balaban J connectivity index is 0. The third kappa shape index (κ3) is 69.0. The molecular weight excluding hydrogens is 1120 g/mol. The highest BCUT2D eigenvalue weighted by Gasteiger charge is 2.16. The minimum Gasteiger partial charge on any atom is -0.481 e. The first-order valence-electron chi connectivity index (χ1n) is 28.4. The molecule has 2 aromatic rings. The molecule has 0 fully saturated rings. The summed E-state index contributed by atoms with van der Waals surface area (Å²) in [5.74, 6) is -1.43. The number of alkyl carbamates (subject to hydrolysis) is 2. The van der Waals surface area contributed by atoms with Gasteiger partial charge in [-0.15, -0.1) is 0 Å². The van der Waals surface area contributed by atoms with Crippen molar-refractivity contribution in [2.24, 2.45) is 5.73 Å². The number of nitrogens with two attached hydrogens (primary N) is 1. The van der Waals surface area contributed by atoms with Crippen molar-refractivity contribution < 1.29 is 105 Å². The number of carbonyl (C=O) groups excluding carboxylic acids is 4. The van der Waals surface area contributed by atoms with E-state index in [0.29, 0.717) is 178 Å². The number of rotatable bonds is 48. The van der Waals surface area contributed by atoms with Crippen LogP contribution in [0.4, 0.5) is 9.59 Å². The number of benzene rings is 2. The Kier molecular flexibility index (Phi) is 57.5. The molecule has 0 bridgehead atoms. The molecule has 0 aliphatic heterocycles. The number of nitriles is 1. The number of carboxylic acids is 1. The quantitative estimate of drug-likeness (QED) is 0.0364. The van der Waals surface area contributed by atoms with Crippen LogP contribution in [0.25, 0.3) is 0 Å². The van der Waals surface area contributed by atoms with Gasteiger partial charge in [0.1, 0.15) is 24.4 Å². The number of hydrogen-bond acceptors (Lipinski definition) is 23. The van der Waals surface area contributed by atoms with Crippen LogP contribution in [0.5, 0.6) is 0 Å². The average Bonchev–Trinajstić information content (AvgIpc) is 3.46. The van der Waals surface area contributed by atoms with Crippen molar-refractivity contribution in [3.8, 4) is 6.07 Å². The highest BCUT2D eigenvalue weighted by atomic mass is 16.6. The molecule has 0 aliphatic carbocycles. The summed E-state index contributed by atoms with van der Waals surface area (Å²) in [5, 5.41) is 20.9. The summed E-state index contributed by atoms with van der Waals surface area (Å²) in [7, 11) is 0. The fourth-order valence-corrected chi connectivity index (χ4v) is 5.54. The lowest BCUT2D eigenvalue weighted by Crippen LogP contribution is -2.34. The first-order valence-corrected chi connectivity index (χ1v) is 28.4. The Hall–Kier alpha value is -5.64. The van der Waals surface area contributed by atoms with Gasteiger partial charge in [-0.25, -0.2) is 9.59 Å². The molecule has 2 aromatic carbocycles. The molecule has 0 heterocycles. The minimum atomic E-state index is -0.878. The number of amides is 2. The number of esters is 2. The van der Waals surface area contributed by atoms with Gasteiger partial charge in [-0.2, -0.15) is 5.26 Å². The van der Waals surface area contributed by atoms with Gasteiger partial charge in [-0.05, 0) is 52.7 Å². The topological polar surface area (TPSA) is 327 Å². The van der Waals surface area contributed by atoms with E-state index >= 15 is 0 Å². The lowest BCUT2D eigenvalue weighted by atomic mass is 10.2. The molecule has 0 saturated carbocycles. The number of aliphatic carboxylic acids is 1. The first-order chi connectivity index (χ1) is 40.9. The fourth-order valence-electron chi connectivity index (χ4n) is 5.54. The molecule has 85 heavy (non-hydrogen) atoms. The maximum Gasteiger partial charge on any atom is 0.407 e. The van der Waals surface area contributed by atoms with E-state index in [1.54, 1.807) is 26.8 Å². The van der Waals surface area contributed by atoms with Crippen LogP contribution in [0, 0.1) is 11.3 Å². The van der Waals surface area contributed by atoms with E-state index in [4.69, 9.17) is 91.9 Å². The van der Waals surface area contributed by atoms with Crippen LogP contribution < -0.4 is 16.4 Å². The van der Waals surface area contributed by atoms with Crippen LogP contribution >= 0.6 is 0 Å². The van der Waals surface area contributed by atoms with Gasteiger partial charge in [0, 0.05) is 26.6 Å². The molecule has 0 spiro atoms. The Morgan fingerprint density at radius 1 is 0.424 bits per heavy atom. The van der Waals surface area contributed by atoms with E-state index in [9.17, 15) is 24.0 Å². The Labute approximate surface area is 503 Å². The van der Waals surface area contributed by atoms with Crippen LogP contribution in [-0.2, 0) is 103 Å². The second kappa shape index (κ2) is 60.1. The molecule has 0 atom stereocenters. The average molecular weight is 1220 g/mol. The summed E-state index contributed by atoms with van der Waals surface area (Å²) in [4.78, 5) is 56.2. The van der Waals surface area contributed by atoms with Crippen LogP contribution in [-0.4, -0.2) is 225 Å². The highest BCUT2D eigenvalue weighted by molar-refractivity contribution is 5.70. The summed E-state index contributed by atoms with van der Waals surface area (Å²) in [5.41, 5.74) is 6.20. The number of hydrogen-bond donors (Lipinski definition) is 4. The minimum absolute atomic E-state index is 0.00357. The smallest absolute Gasteiger partial charge is 0.407 e. The number of carboxylic acid groups (broad SMARTS) is 1. The molecule has 0 aliphatic rings. The van der Waals surface area contributed by atoms with E-state index in [-0.39, 0.29) is 44.4 Å². The summed E-state index contributed by atoms with van der Waals surface area (Å²) >= 11 is 0. The fraction of sp³-hybridized carbons (Fsp3) is 0.695. The maximum atomic E-state index is 11.6. The second-order valence-electron chi connectivity index (χ2n) is 19.2. The van der Waals surface area contributed by atoms with Crippen molar-refractivity contribution in [3.63, 3.8) is 0 Å². The van der Waals surface area contributed by atoms with E-state index in [0.717, 1.165) is 11.1 Å². The summed E-state index contributed by atoms with van der Waals surface area (Å²) in [6.45, 7) is 24.3. The van der Waals surface area contributed by atoms with Gasteiger partial charge >= 0.3 is 30.1 Å². The van der Waals surface area contributed by atoms with Crippen molar-refractivity contribution in [2.75, 3.05) is 178 Å². The monoisotopic (exact) mass is 1220 g/mol. The summed E-state index contributed by atoms with van der Waals surface area (Å²) in [6.07, 6.45) is -0.476. The first kappa shape index (κ1) is 81.4. The molecular formula is C59H100N4O22. The van der Waals surface area contributed by atoms with Gasteiger partial charge in [0.2, 0.25) is 0 Å². The Morgan fingerprint density at radius 3 is 0.929 bits per heavy atom. The molecule has 0 aromatic heterocycles. The Bertz CT molecular complexity index is 1910. The number of carbonyl (C=O) groups is 5. The highest BCUT2D eigenvalue weighted by Crippen LogP contribution is 2.08. The molecule has 0 unspecified atom stereocenters. The molecule has 488 valence electrons. The van der Waals surface area contributed by atoms with Crippen LogP contribution in [0.15, 0.2) is 60.7 Å². The molecule has 0 saturated heterocycles. The molecule has 0 radical (unpaired) electrons. The molecule has 2 amide bonds. The van der Waals surface area contributed by atoms with Crippen LogP contribution in [0.3, 0.4) is 0 Å². The zero-order valence-electron chi connectivity index (χ0n) is 51.4. The molecule has 26 heteroatoms. The SMILES string of the molecule is CC#N.CC(C)(C)OC(=O)NCCOCCOCCOCCOCCC(=O)O.CC(C)(C)OC(=O)NCCOCCOCCOCCOCCC(=O)OCc1ccccc1.NCCOCCOCCOCCOCCC(=O)OCc1ccccc1. The van der Waals surface area contributed by atoms with Crippen molar-refractivity contribution in [1.29, 1.82) is 5.26 Å². The zero-order valence-corrected chi connectivity index (χ0v) is 51.4. The number of ether oxygens (including phenoxy) is 16. The normalized spacial score (nSPS) is 10.8. The van der Waals surface area contributed by atoms with E-state index in [1.807, 2.05) is 81.4 Å². The standard InChI is InChI=1S/C23H37NO8.C18H29NO6.C16H31NO8.C2H3N/c1-23(2,3)32-22(26)24-10-12-28-14-16-30-18-17-29-15-13-27-11-9-21(25)31-19-20-7-5-4-6-8-20;19-7-9-22-11-13-24-15-14-23-12-10-21-8-6-18(20)25-16-17-4-2-1-3-5-17;1-16(2,3)25-15(20)17-5-7-22-9-11-24-13-12-23-10-8-21-6-4-14(18)19;1-2-3/h4-8H,9-19H2,1-3H3,(H,24,26);1-5H,6-16,19H2;4-13H2,1-3H3,(H,17,20)(H,18,19);1H3. The van der Waals surface area contributed by atoms with Gasteiger partial charge in [0.25, 0.3) is 0 Å². The van der Waals surface area contributed by atoms with Gasteiger partial charge in [-0.1, -0.05) is 60.7 Å². The van der Waals surface area contributed by atoms with Gasteiger partial charge in [0.15, 0.2) is 0 Å². The van der Waals surface area contributed by atoms with Gasteiger partial charge in [-0.3, -0.25) is 14.4 Å². The van der Waals surface area contributed by atoms with Crippen molar-refractivity contribution in [2.45, 2.75) is 92.1 Å². The van der Waals surface area contributed by atoms with Crippen LogP contribution in [0.2, 0.25) is 0 Å². The zero-order chi connectivity index (χ0) is 63.2. The third-order valence-corrected chi connectivity index (χ3v) is 9.29. The summed E-state index contributed by atoms with van der Waals surface area (Å²) < 4.78 is 84.1. The third-order valence-electron chi connectivity index (χ3n) is 9.29. The van der Waals surface area contributed by atoms with Crippen molar-refractivity contribution >= 4 is 30.1 Å². The largest absolute Gasteiger partial charge is 0.481 e. The molecule has 26 nitrogen and oxygen atoms in total. The van der Waals surface area contributed by atoms with E-state index in [2.05, 4.69) is 10.6 Å². The Morgan fingerprint density at radius 2 is 0.671 bits per heavy atom. The molecule has 2 rings (SSSR count). The van der Waals surface area contributed by atoms with Crippen molar-refractivity contribution in [1.82, 2.24) is 10.6 Å². The number of nitrogens with one attached hydrogen (secondary N) is 2. The second-order valence-corrected chi connectivity index (χ2v) is 19.2. The summed E-state index contributed by atoms with van der Waals surface area (Å²) in [6, 6.07) is 20.9. The lowest BCUT2D eigenvalue weighted by molar-refractivity contribution is -0.147. The lowest BCUT2D eigenvalue weighted by Gasteiger charge is -2.19. The van der Waals surface area contributed by atoms with Crippen molar-refractivity contribution in [3.05, 3.63) is 71.8 Å². The van der Waals surface area contributed by atoms with Gasteiger partial charge < -0.3 is 97.3 Å². The molecule has 5 N–H and O–H groups in total. The predicted molar refractivity (Wildman–Crippen MR) is 313 cm³/mol. The predicted octanol–water partition coefficient (Wildman–Crippen LogP) is 5.44. The number of nitrogens with zero attached hydrogens (tertiary/aromatic N) is 1. The van der Waals surface area contributed by atoms with Gasteiger partial charge in [0.05, 0.1) is 184 Å².